The van der Waals surface area contributed by atoms with Crippen molar-refractivity contribution in [3.05, 3.63) is 48.3 Å². The standard InChI is InChI=1S/C15H10N8O2S/c16-7-9-3-1-6-13-18-8-11(23(9)13)10-4-2-5-12(26(17,24)25)14(10)15-19-21-22-20-15/h1-6,8H,(H2,17,24,25)(H,19,20,21,22). The van der Waals surface area contributed by atoms with Gasteiger partial charge in [-0.15, -0.1) is 10.2 Å². The summed E-state index contributed by atoms with van der Waals surface area (Å²) in [5.41, 5.74) is 2.02. The molecule has 4 aromatic rings. The van der Waals surface area contributed by atoms with Gasteiger partial charge < -0.3 is 0 Å². The van der Waals surface area contributed by atoms with E-state index in [1.807, 2.05) is 0 Å². The third kappa shape index (κ3) is 2.41. The van der Waals surface area contributed by atoms with Crippen LogP contribution in [0.3, 0.4) is 0 Å². The van der Waals surface area contributed by atoms with Crippen LogP contribution in [0.25, 0.3) is 28.3 Å². The van der Waals surface area contributed by atoms with E-state index in [2.05, 4.69) is 31.7 Å². The number of aromatic nitrogens is 6. The Morgan fingerprint density at radius 2 is 2.00 bits per heavy atom. The average molecular weight is 366 g/mol. The van der Waals surface area contributed by atoms with Crippen LogP contribution in [0.1, 0.15) is 5.69 Å². The molecule has 0 amide bonds. The number of nitrogens with one attached hydrogen (secondary N) is 1. The number of imidazole rings is 1. The number of nitriles is 1. The van der Waals surface area contributed by atoms with Crippen LogP contribution >= 0.6 is 0 Å². The highest BCUT2D eigenvalue weighted by Gasteiger charge is 2.24. The normalized spacial score (nSPS) is 11.5. The van der Waals surface area contributed by atoms with E-state index in [1.54, 1.807) is 40.9 Å². The molecule has 0 saturated carbocycles. The molecule has 3 aromatic heterocycles. The number of hydrogen-bond acceptors (Lipinski definition) is 7. The fourth-order valence-corrected chi connectivity index (χ4v) is 3.55. The van der Waals surface area contributed by atoms with Crippen molar-refractivity contribution in [2.45, 2.75) is 4.90 Å². The second-order valence-electron chi connectivity index (χ2n) is 5.32. The molecule has 3 N–H and O–H groups in total. The Kier molecular flexibility index (Phi) is 3.50. The number of primary sulfonamides is 1. The Morgan fingerprint density at radius 1 is 1.19 bits per heavy atom. The zero-order valence-electron chi connectivity index (χ0n) is 13.0. The Morgan fingerprint density at radius 3 is 2.69 bits per heavy atom. The Hall–Kier alpha value is -3.62. The van der Waals surface area contributed by atoms with Gasteiger partial charge in [0.2, 0.25) is 15.8 Å². The minimum absolute atomic E-state index is 0.0639. The van der Waals surface area contributed by atoms with Crippen molar-refractivity contribution in [1.82, 2.24) is 30.0 Å². The Labute approximate surface area is 147 Å². The van der Waals surface area contributed by atoms with Crippen molar-refractivity contribution in [2.75, 3.05) is 0 Å². The largest absolute Gasteiger partial charge is 0.283 e. The number of tetrazole rings is 1. The molecular weight excluding hydrogens is 356 g/mol. The molecule has 0 radical (unpaired) electrons. The predicted octanol–water partition coefficient (Wildman–Crippen LogP) is 0.700. The molecule has 1 aromatic carbocycles. The van der Waals surface area contributed by atoms with Crippen LogP contribution in [0.2, 0.25) is 0 Å². The zero-order valence-corrected chi connectivity index (χ0v) is 13.8. The monoisotopic (exact) mass is 366 g/mol. The molecule has 10 nitrogen and oxygen atoms in total. The lowest BCUT2D eigenvalue weighted by Gasteiger charge is -2.11. The first-order valence-corrected chi connectivity index (χ1v) is 8.82. The minimum atomic E-state index is -4.06. The van der Waals surface area contributed by atoms with Crippen LogP contribution in [-0.2, 0) is 10.0 Å². The van der Waals surface area contributed by atoms with Gasteiger partial charge in [-0.25, -0.2) is 18.5 Å². The SMILES string of the molecule is N#Cc1cccc2ncc(-c3cccc(S(N)(=O)=O)c3-c3nn[nH]n3)n12. The van der Waals surface area contributed by atoms with Gasteiger partial charge >= 0.3 is 0 Å². The Balaban J connectivity index is 2.14. The molecule has 0 fully saturated rings. The van der Waals surface area contributed by atoms with Crippen molar-refractivity contribution in [3.8, 4) is 28.7 Å². The number of pyridine rings is 1. The topological polar surface area (TPSA) is 156 Å². The molecule has 0 bridgehead atoms. The fourth-order valence-electron chi connectivity index (χ4n) is 2.79. The molecule has 0 spiro atoms. The van der Waals surface area contributed by atoms with Crippen LogP contribution in [0.5, 0.6) is 0 Å². The lowest BCUT2D eigenvalue weighted by atomic mass is 10.0. The second kappa shape index (κ2) is 5.73. The molecular formula is C15H10N8O2S. The molecule has 0 aliphatic heterocycles. The van der Waals surface area contributed by atoms with E-state index in [0.29, 0.717) is 22.6 Å². The van der Waals surface area contributed by atoms with E-state index >= 15 is 0 Å². The van der Waals surface area contributed by atoms with Gasteiger partial charge in [0.1, 0.15) is 17.4 Å². The summed E-state index contributed by atoms with van der Waals surface area (Å²) in [6, 6.07) is 11.8. The van der Waals surface area contributed by atoms with Crippen molar-refractivity contribution < 1.29 is 8.42 Å². The van der Waals surface area contributed by atoms with Crippen molar-refractivity contribution in [2.24, 2.45) is 5.14 Å². The summed E-state index contributed by atoms with van der Waals surface area (Å²) >= 11 is 0. The number of nitrogens with zero attached hydrogens (tertiary/aromatic N) is 6. The van der Waals surface area contributed by atoms with E-state index in [1.165, 1.54) is 6.07 Å². The molecule has 26 heavy (non-hydrogen) atoms. The third-order valence-corrected chi connectivity index (χ3v) is 4.77. The third-order valence-electron chi connectivity index (χ3n) is 3.82. The number of H-pyrrole nitrogens is 1. The van der Waals surface area contributed by atoms with E-state index < -0.39 is 10.0 Å². The first kappa shape index (κ1) is 15.9. The predicted molar refractivity (Wildman–Crippen MR) is 89.9 cm³/mol. The lowest BCUT2D eigenvalue weighted by Crippen LogP contribution is -2.14. The molecule has 0 unspecified atom stereocenters. The highest BCUT2D eigenvalue weighted by atomic mass is 32.2. The van der Waals surface area contributed by atoms with Gasteiger partial charge in [0.15, 0.2) is 0 Å². The van der Waals surface area contributed by atoms with Crippen molar-refractivity contribution >= 4 is 15.7 Å². The molecule has 4 rings (SSSR count). The summed E-state index contributed by atoms with van der Waals surface area (Å²) in [5.74, 6) is 0.0639. The van der Waals surface area contributed by atoms with Gasteiger partial charge in [-0.3, -0.25) is 4.40 Å². The van der Waals surface area contributed by atoms with Gasteiger partial charge in [-0.05, 0) is 23.4 Å². The summed E-state index contributed by atoms with van der Waals surface area (Å²) in [5, 5.41) is 28.3. The average Bonchev–Trinajstić information content (AvgIpc) is 3.29. The first-order chi connectivity index (χ1) is 12.5. The number of sulfonamides is 1. The van der Waals surface area contributed by atoms with E-state index in [-0.39, 0.29) is 16.3 Å². The first-order valence-electron chi connectivity index (χ1n) is 7.27. The fraction of sp³-hybridized carbons (Fsp3) is 0. The molecule has 11 heteroatoms. The smallest absolute Gasteiger partial charge is 0.238 e. The van der Waals surface area contributed by atoms with Gasteiger partial charge in [0.05, 0.1) is 22.3 Å². The Bertz CT molecular complexity index is 1270. The van der Waals surface area contributed by atoms with E-state index in [0.717, 1.165) is 0 Å². The van der Waals surface area contributed by atoms with Crippen LogP contribution in [0.15, 0.2) is 47.5 Å². The summed E-state index contributed by atoms with van der Waals surface area (Å²) in [4.78, 5) is 4.13. The number of aromatic amines is 1. The summed E-state index contributed by atoms with van der Waals surface area (Å²) < 4.78 is 25.8. The lowest BCUT2D eigenvalue weighted by molar-refractivity contribution is 0.598. The van der Waals surface area contributed by atoms with Crippen LogP contribution in [-0.4, -0.2) is 38.4 Å². The maximum absolute atomic E-state index is 12.1. The molecule has 128 valence electrons. The van der Waals surface area contributed by atoms with E-state index in [9.17, 15) is 13.7 Å². The van der Waals surface area contributed by atoms with Gasteiger partial charge in [-0.1, -0.05) is 18.2 Å². The van der Waals surface area contributed by atoms with Crippen LogP contribution in [0.4, 0.5) is 0 Å². The summed E-state index contributed by atoms with van der Waals surface area (Å²) in [6.45, 7) is 0. The number of benzene rings is 1. The zero-order chi connectivity index (χ0) is 18.3. The molecule has 0 atom stereocenters. The maximum Gasteiger partial charge on any atom is 0.238 e. The quantitative estimate of drug-likeness (QED) is 0.540. The molecule has 0 saturated heterocycles. The van der Waals surface area contributed by atoms with Gasteiger partial charge in [0.25, 0.3) is 0 Å². The number of hydrogen-bond donors (Lipinski definition) is 2. The molecule has 0 aliphatic rings. The van der Waals surface area contributed by atoms with Gasteiger partial charge in [0, 0.05) is 5.56 Å². The summed E-state index contributed by atoms with van der Waals surface area (Å²) in [6.07, 6.45) is 1.54. The number of nitrogens with two attached hydrogens (primary N) is 1. The maximum atomic E-state index is 12.1. The molecule has 3 heterocycles. The van der Waals surface area contributed by atoms with Crippen LogP contribution < -0.4 is 5.14 Å². The minimum Gasteiger partial charge on any atom is -0.283 e. The number of rotatable bonds is 3. The van der Waals surface area contributed by atoms with E-state index in [4.69, 9.17) is 5.14 Å². The highest BCUT2D eigenvalue weighted by Crippen LogP contribution is 2.35. The second-order valence-corrected chi connectivity index (χ2v) is 6.85. The van der Waals surface area contributed by atoms with Crippen molar-refractivity contribution in [3.63, 3.8) is 0 Å². The molecule has 0 aliphatic carbocycles. The summed E-state index contributed by atoms with van der Waals surface area (Å²) in [7, 11) is -4.06. The van der Waals surface area contributed by atoms with Crippen molar-refractivity contribution in [1.29, 1.82) is 5.26 Å². The number of fused-ring (bicyclic) bond motifs is 1. The van der Waals surface area contributed by atoms with Crippen LogP contribution in [0, 0.1) is 11.3 Å². The highest BCUT2D eigenvalue weighted by molar-refractivity contribution is 7.89. The van der Waals surface area contributed by atoms with Gasteiger partial charge in [-0.2, -0.15) is 10.5 Å².